The molecule has 1 aliphatic rings. The first kappa shape index (κ1) is 13.5. The standard InChI is InChI=1S/C14H16N4O3/c1-2-11-15-16-12-6-5-9(8-18(11)12)13(19)17-7-3-4-10(17)14(20)21/h5-6,8,10H,2-4,7H2,1H3,(H,20,21). The largest absolute Gasteiger partial charge is 0.480 e. The number of pyridine rings is 1. The Labute approximate surface area is 121 Å². The van der Waals surface area contributed by atoms with Crippen molar-refractivity contribution in [3.63, 3.8) is 0 Å². The van der Waals surface area contributed by atoms with E-state index >= 15 is 0 Å². The van der Waals surface area contributed by atoms with Gasteiger partial charge >= 0.3 is 5.97 Å². The molecule has 0 bridgehead atoms. The van der Waals surface area contributed by atoms with Gasteiger partial charge < -0.3 is 10.0 Å². The van der Waals surface area contributed by atoms with Crippen LogP contribution in [0.15, 0.2) is 18.3 Å². The zero-order valence-electron chi connectivity index (χ0n) is 11.7. The molecule has 0 aromatic carbocycles. The SMILES string of the molecule is CCc1nnc2ccc(C(=O)N3CCCC3C(=O)O)cn12. The summed E-state index contributed by atoms with van der Waals surface area (Å²) in [5.74, 6) is -0.422. The lowest BCUT2D eigenvalue weighted by molar-refractivity contribution is -0.141. The summed E-state index contributed by atoms with van der Waals surface area (Å²) < 4.78 is 1.78. The highest BCUT2D eigenvalue weighted by molar-refractivity contribution is 5.97. The van der Waals surface area contributed by atoms with Crippen LogP contribution in [0, 0.1) is 0 Å². The minimum absolute atomic E-state index is 0.252. The molecule has 0 radical (unpaired) electrons. The Kier molecular flexibility index (Phi) is 3.32. The summed E-state index contributed by atoms with van der Waals surface area (Å²) in [6, 6.07) is 2.67. The Hall–Kier alpha value is -2.44. The smallest absolute Gasteiger partial charge is 0.326 e. The zero-order valence-corrected chi connectivity index (χ0v) is 11.7. The first-order valence-corrected chi connectivity index (χ1v) is 6.99. The van der Waals surface area contributed by atoms with Crippen molar-refractivity contribution in [3.05, 3.63) is 29.7 Å². The van der Waals surface area contributed by atoms with Crippen molar-refractivity contribution in [3.8, 4) is 0 Å². The lowest BCUT2D eigenvalue weighted by atomic mass is 10.2. The highest BCUT2D eigenvalue weighted by atomic mass is 16.4. The number of aryl methyl sites for hydroxylation is 1. The fraction of sp³-hybridized carbons (Fsp3) is 0.429. The summed E-state index contributed by atoms with van der Waals surface area (Å²) in [4.78, 5) is 25.2. The number of carbonyl (C=O) groups excluding carboxylic acids is 1. The molecule has 1 fully saturated rings. The maximum atomic E-state index is 12.5. The molecule has 1 aliphatic heterocycles. The number of carbonyl (C=O) groups is 2. The predicted molar refractivity (Wildman–Crippen MR) is 74.1 cm³/mol. The molecule has 3 rings (SSSR count). The third kappa shape index (κ3) is 2.24. The van der Waals surface area contributed by atoms with Gasteiger partial charge in [-0.2, -0.15) is 0 Å². The second kappa shape index (κ2) is 5.16. The molecule has 2 aromatic rings. The Balaban J connectivity index is 1.96. The molecule has 1 atom stereocenters. The van der Waals surface area contributed by atoms with Crippen LogP contribution in [0.1, 0.15) is 35.9 Å². The molecule has 1 N–H and O–H groups in total. The summed E-state index contributed by atoms with van der Waals surface area (Å²) in [6.07, 6.45) is 3.63. The quantitative estimate of drug-likeness (QED) is 0.909. The molecular formula is C14H16N4O3. The van der Waals surface area contributed by atoms with Gasteiger partial charge in [0.25, 0.3) is 5.91 Å². The first-order valence-electron chi connectivity index (χ1n) is 6.99. The van der Waals surface area contributed by atoms with E-state index in [9.17, 15) is 14.7 Å². The van der Waals surface area contributed by atoms with E-state index in [1.54, 1.807) is 22.7 Å². The van der Waals surface area contributed by atoms with Crippen LogP contribution in [0.3, 0.4) is 0 Å². The first-order chi connectivity index (χ1) is 10.1. The molecular weight excluding hydrogens is 272 g/mol. The molecule has 21 heavy (non-hydrogen) atoms. The van der Waals surface area contributed by atoms with Crippen LogP contribution in [0.5, 0.6) is 0 Å². The van der Waals surface area contributed by atoms with E-state index in [2.05, 4.69) is 10.2 Å². The number of amides is 1. The fourth-order valence-corrected chi connectivity index (χ4v) is 2.74. The number of nitrogens with zero attached hydrogens (tertiary/aromatic N) is 4. The number of aromatic nitrogens is 3. The maximum absolute atomic E-state index is 12.5. The Morgan fingerprint density at radius 2 is 2.19 bits per heavy atom. The Bertz CT molecular complexity index is 709. The Morgan fingerprint density at radius 1 is 1.38 bits per heavy atom. The van der Waals surface area contributed by atoms with Gasteiger partial charge in [0.1, 0.15) is 11.9 Å². The molecule has 1 amide bonds. The number of rotatable bonds is 3. The van der Waals surface area contributed by atoms with E-state index < -0.39 is 12.0 Å². The molecule has 7 nitrogen and oxygen atoms in total. The van der Waals surface area contributed by atoms with Gasteiger partial charge in [0.2, 0.25) is 0 Å². The van der Waals surface area contributed by atoms with Crippen molar-refractivity contribution in [1.82, 2.24) is 19.5 Å². The second-order valence-corrected chi connectivity index (χ2v) is 5.11. The van der Waals surface area contributed by atoms with Crippen molar-refractivity contribution in [2.24, 2.45) is 0 Å². The number of carboxylic acid groups (broad SMARTS) is 1. The van der Waals surface area contributed by atoms with Crippen molar-refractivity contribution >= 4 is 17.5 Å². The van der Waals surface area contributed by atoms with Gasteiger partial charge in [-0.25, -0.2) is 4.79 Å². The molecule has 2 aromatic heterocycles. The van der Waals surface area contributed by atoms with Crippen LogP contribution in [-0.2, 0) is 11.2 Å². The summed E-state index contributed by atoms with van der Waals surface area (Å²) in [7, 11) is 0. The topological polar surface area (TPSA) is 87.8 Å². The summed E-state index contributed by atoms with van der Waals surface area (Å²) in [5.41, 5.74) is 1.14. The van der Waals surface area contributed by atoms with Crippen molar-refractivity contribution in [1.29, 1.82) is 0 Å². The normalized spacial score (nSPS) is 18.3. The Morgan fingerprint density at radius 3 is 2.90 bits per heavy atom. The van der Waals surface area contributed by atoms with E-state index in [1.807, 2.05) is 6.92 Å². The fourth-order valence-electron chi connectivity index (χ4n) is 2.74. The second-order valence-electron chi connectivity index (χ2n) is 5.11. The maximum Gasteiger partial charge on any atom is 0.326 e. The van der Waals surface area contributed by atoms with E-state index in [-0.39, 0.29) is 5.91 Å². The summed E-state index contributed by atoms with van der Waals surface area (Å²) in [6.45, 7) is 2.45. The van der Waals surface area contributed by atoms with Crippen LogP contribution in [0.4, 0.5) is 0 Å². The minimum atomic E-state index is -0.944. The minimum Gasteiger partial charge on any atom is -0.480 e. The molecule has 0 saturated carbocycles. The van der Waals surface area contributed by atoms with E-state index in [0.29, 0.717) is 30.6 Å². The van der Waals surface area contributed by atoms with Gasteiger partial charge in [0.15, 0.2) is 5.65 Å². The van der Waals surface area contributed by atoms with Crippen molar-refractivity contribution in [2.75, 3.05) is 6.54 Å². The number of hydrogen-bond acceptors (Lipinski definition) is 4. The van der Waals surface area contributed by atoms with Crippen LogP contribution in [-0.4, -0.2) is 49.1 Å². The van der Waals surface area contributed by atoms with E-state index in [1.165, 1.54) is 4.90 Å². The van der Waals surface area contributed by atoms with Crippen LogP contribution in [0.2, 0.25) is 0 Å². The molecule has 1 unspecified atom stereocenters. The van der Waals surface area contributed by atoms with Gasteiger partial charge in [-0.1, -0.05) is 6.92 Å². The summed E-state index contributed by atoms with van der Waals surface area (Å²) >= 11 is 0. The number of hydrogen-bond donors (Lipinski definition) is 1. The highest BCUT2D eigenvalue weighted by Gasteiger charge is 2.34. The van der Waals surface area contributed by atoms with Gasteiger partial charge in [0.05, 0.1) is 5.56 Å². The average Bonchev–Trinajstić information content (AvgIpc) is 3.12. The van der Waals surface area contributed by atoms with Crippen LogP contribution in [0.25, 0.3) is 5.65 Å². The van der Waals surface area contributed by atoms with Crippen molar-refractivity contribution in [2.45, 2.75) is 32.2 Å². The molecule has 7 heteroatoms. The van der Waals surface area contributed by atoms with Gasteiger partial charge in [-0.05, 0) is 25.0 Å². The zero-order chi connectivity index (χ0) is 15.0. The molecule has 1 saturated heterocycles. The number of fused-ring (bicyclic) bond motifs is 1. The highest BCUT2D eigenvalue weighted by Crippen LogP contribution is 2.20. The van der Waals surface area contributed by atoms with Gasteiger partial charge in [-0.15, -0.1) is 10.2 Å². The average molecular weight is 288 g/mol. The van der Waals surface area contributed by atoms with E-state index in [4.69, 9.17) is 0 Å². The lowest BCUT2D eigenvalue weighted by Gasteiger charge is -2.21. The van der Waals surface area contributed by atoms with E-state index in [0.717, 1.165) is 12.2 Å². The summed E-state index contributed by atoms with van der Waals surface area (Å²) in [5, 5.41) is 17.3. The number of carboxylic acids is 1. The van der Waals surface area contributed by atoms with Crippen LogP contribution < -0.4 is 0 Å². The third-order valence-electron chi connectivity index (χ3n) is 3.83. The van der Waals surface area contributed by atoms with Gasteiger partial charge in [0, 0.05) is 19.2 Å². The molecule has 0 spiro atoms. The molecule has 110 valence electrons. The molecule has 0 aliphatic carbocycles. The number of aliphatic carboxylic acids is 1. The third-order valence-corrected chi connectivity index (χ3v) is 3.83. The monoisotopic (exact) mass is 288 g/mol. The lowest BCUT2D eigenvalue weighted by Crippen LogP contribution is -2.40. The van der Waals surface area contributed by atoms with Crippen LogP contribution >= 0.6 is 0 Å². The number of likely N-dealkylation sites (tertiary alicyclic amines) is 1. The molecule has 3 heterocycles. The predicted octanol–water partition coefficient (Wildman–Crippen LogP) is 0.981. The van der Waals surface area contributed by atoms with Crippen molar-refractivity contribution < 1.29 is 14.7 Å². The van der Waals surface area contributed by atoms with Gasteiger partial charge in [-0.3, -0.25) is 9.20 Å².